The Labute approximate surface area is 156 Å². The number of nitrogens with one attached hydrogen (secondary N) is 1. The first kappa shape index (κ1) is 20.4. The van der Waals surface area contributed by atoms with E-state index >= 15 is 0 Å². The minimum absolute atomic E-state index is 0.00778. The van der Waals surface area contributed by atoms with Gasteiger partial charge in [0.1, 0.15) is 0 Å². The van der Waals surface area contributed by atoms with Crippen LogP contribution in [0.4, 0.5) is 5.69 Å². The third kappa shape index (κ3) is 4.84. The fourth-order valence-electron chi connectivity index (χ4n) is 2.77. The Morgan fingerprint density at radius 1 is 0.923 bits per heavy atom. The van der Waals surface area contributed by atoms with E-state index in [-0.39, 0.29) is 18.0 Å². The highest BCUT2D eigenvalue weighted by Crippen LogP contribution is 2.23. The predicted octanol–water partition coefficient (Wildman–Crippen LogP) is 2.36. The number of hydrogen-bond donors (Lipinski definition) is 1. The molecule has 2 aromatic carbocycles. The first-order valence-corrected chi connectivity index (χ1v) is 11.5. The molecule has 0 saturated carbocycles. The zero-order valence-corrected chi connectivity index (χ0v) is 17.0. The summed E-state index contributed by atoms with van der Waals surface area (Å²) in [7, 11) is -7.25. The fraction of sp³-hybridized carbons (Fsp3) is 0.333. The smallest absolute Gasteiger partial charge is 0.240 e. The van der Waals surface area contributed by atoms with Crippen molar-refractivity contribution in [2.45, 2.75) is 25.7 Å². The van der Waals surface area contributed by atoms with Crippen LogP contribution >= 0.6 is 0 Å². The fourth-order valence-corrected chi connectivity index (χ4v) is 5.02. The number of anilines is 1. The van der Waals surface area contributed by atoms with Crippen LogP contribution in [0.15, 0.2) is 47.4 Å². The van der Waals surface area contributed by atoms with Gasteiger partial charge in [0, 0.05) is 13.1 Å². The Bertz CT molecular complexity index is 1000. The zero-order chi connectivity index (χ0) is 19.5. The minimum Gasteiger partial charge on any atom is -0.269 e. The summed E-state index contributed by atoms with van der Waals surface area (Å²) in [5.74, 6) is 0. The summed E-state index contributed by atoms with van der Waals surface area (Å²) in [5.41, 5.74) is 3.03. The zero-order valence-electron chi connectivity index (χ0n) is 15.4. The van der Waals surface area contributed by atoms with Gasteiger partial charge in [0.05, 0.1) is 16.8 Å². The molecule has 0 atom stereocenters. The SMILES string of the molecule is Cc1ccc(N(CCNS(=O)(=O)c2ccccc2C)S(C)(=O)=O)c(C)c1. The second-order valence-electron chi connectivity index (χ2n) is 6.29. The van der Waals surface area contributed by atoms with E-state index in [0.717, 1.165) is 17.4 Å². The van der Waals surface area contributed by atoms with Crippen LogP contribution in [0.5, 0.6) is 0 Å². The predicted molar refractivity (Wildman–Crippen MR) is 104 cm³/mol. The molecule has 0 aliphatic heterocycles. The summed E-state index contributed by atoms with van der Waals surface area (Å²) in [6, 6.07) is 12.1. The molecule has 1 N–H and O–H groups in total. The molecule has 8 heteroatoms. The van der Waals surface area contributed by atoms with Crippen LogP contribution in [0.3, 0.4) is 0 Å². The van der Waals surface area contributed by atoms with Crippen molar-refractivity contribution in [3.05, 3.63) is 59.2 Å². The van der Waals surface area contributed by atoms with Gasteiger partial charge in [-0.15, -0.1) is 0 Å². The summed E-state index contributed by atoms with van der Waals surface area (Å²) in [5, 5.41) is 0. The third-order valence-corrected chi connectivity index (χ3v) is 6.81. The highest BCUT2D eigenvalue weighted by molar-refractivity contribution is 7.92. The normalized spacial score (nSPS) is 12.2. The molecule has 6 nitrogen and oxygen atoms in total. The largest absolute Gasteiger partial charge is 0.269 e. The first-order valence-electron chi connectivity index (χ1n) is 8.12. The van der Waals surface area contributed by atoms with E-state index in [1.165, 1.54) is 10.4 Å². The van der Waals surface area contributed by atoms with E-state index in [0.29, 0.717) is 11.3 Å². The molecule has 0 fully saturated rings. The lowest BCUT2D eigenvalue weighted by Crippen LogP contribution is -2.38. The van der Waals surface area contributed by atoms with Crippen LogP contribution in [0, 0.1) is 20.8 Å². The molecule has 26 heavy (non-hydrogen) atoms. The molecule has 0 unspecified atom stereocenters. The third-order valence-electron chi connectivity index (χ3n) is 4.01. The van der Waals surface area contributed by atoms with Crippen molar-refractivity contribution >= 4 is 25.7 Å². The van der Waals surface area contributed by atoms with Gasteiger partial charge in [-0.2, -0.15) is 0 Å². The maximum absolute atomic E-state index is 12.5. The van der Waals surface area contributed by atoms with E-state index in [1.807, 2.05) is 26.0 Å². The summed E-state index contributed by atoms with van der Waals surface area (Å²) < 4.78 is 53.0. The monoisotopic (exact) mass is 396 g/mol. The second kappa shape index (κ2) is 7.77. The topological polar surface area (TPSA) is 83.6 Å². The number of hydrogen-bond acceptors (Lipinski definition) is 4. The maximum Gasteiger partial charge on any atom is 0.240 e. The van der Waals surface area contributed by atoms with Crippen LogP contribution in [0.1, 0.15) is 16.7 Å². The Morgan fingerprint density at radius 3 is 2.15 bits per heavy atom. The standard InChI is InChI=1S/C18H24N2O4S2/c1-14-9-10-17(16(3)13-14)20(25(4,21)22)12-11-19-26(23,24)18-8-6-5-7-15(18)2/h5-10,13,19H,11-12H2,1-4H3. The second-order valence-corrected chi connectivity index (χ2v) is 9.93. The van der Waals surface area contributed by atoms with Crippen molar-refractivity contribution in [3.63, 3.8) is 0 Å². The van der Waals surface area contributed by atoms with Gasteiger partial charge in [-0.25, -0.2) is 21.6 Å². The molecule has 0 aromatic heterocycles. The highest BCUT2D eigenvalue weighted by Gasteiger charge is 2.21. The van der Waals surface area contributed by atoms with Gasteiger partial charge >= 0.3 is 0 Å². The minimum atomic E-state index is -3.70. The van der Waals surface area contributed by atoms with Crippen molar-refractivity contribution in [1.29, 1.82) is 0 Å². The van der Waals surface area contributed by atoms with Crippen molar-refractivity contribution in [2.24, 2.45) is 0 Å². The van der Waals surface area contributed by atoms with E-state index in [9.17, 15) is 16.8 Å². The Balaban J connectivity index is 2.20. The van der Waals surface area contributed by atoms with Gasteiger partial charge in [-0.1, -0.05) is 35.9 Å². The molecule has 0 saturated heterocycles. The van der Waals surface area contributed by atoms with E-state index in [2.05, 4.69) is 4.72 Å². The number of benzene rings is 2. The number of sulfonamides is 2. The summed E-state index contributed by atoms with van der Waals surface area (Å²) in [4.78, 5) is 0.192. The van der Waals surface area contributed by atoms with Gasteiger partial charge in [0.2, 0.25) is 20.0 Å². The molecule has 2 rings (SSSR count). The quantitative estimate of drug-likeness (QED) is 0.779. The highest BCUT2D eigenvalue weighted by atomic mass is 32.2. The molecule has 0 heterocycles. The lowest BCUT2D eigenvalue weighted by Gasteiger charge is -2.24. The van der Waals surface area contributed by atoms with Crippen LogP contribution in [0.2, 0.25) is 0 Å². The Kier molecular flexibility index (Phi) is 6.10. The van der Waals surface area contributed by atoms with Gasteiger partial charge in [-0.05, 0) is 44.0 Å². The lowest BCUT2D eigenvalue weighted by molar-refractivity contribution is 0.578. The van der Waals surface area contributed by atoms with Crippen molar-refractivity contribution in [2.75, 3.05) is 23.7 Å². The van der Waals surface area contributed by atoms with Crippen LogP contribution in [0.25, 0.3) is 0 Å². The molecule has 0 spiro atoms. The molecular weight excluding hydrogens is 372 g/mol. The molecule has 0 aliphatic carbocycles. The van der Waals surface area contributed by atoms with E-state index < -0.39 is 20.0 Å². The van der Waals surface area contributed by atoms with Crippen LogP contribution in [-0.4, -0.2) is 36.2 Å². The average Bonchev–Trinajstić information content (AvgIpc) is 2.51. The number of aryl methyl sites for hydroxylation is 3. The molecule has 142 valence electrons. The van der Waals surface area contributed by atoms with Crippen molar-refractivity contribution in [3.8, 4) is 0 Å². The number of rotatable bonds is 7. The Morgan fingerprint density at radius 2 is 1.58 bits per heavy atom. The average molecular weight is 397 g/mol. The number of nitrogens with zero attached hydrogens (tertiary/aromatic N) is 1. The molecular formula is C18H24N2O4S2. The van der Waals surface area contributed by atoms with E-state index in [4.69, 9.17) is 0 Å². The molecule has 0 radical (unpaired) electrons. The summed E-state index contributed by atoms with van der Waals surface area (Å²) in [6.07, 6.45) is 1.11. The van der Waals surface area contributed by atoms with Crippen molar-refractivity contribution in [1.82, 2.24) is 4.72 Å². The molecule has 0 aliphatic rings. The van der Waals surface area contributed by atoms with Crippen molar-refractivity contribution < 1.29 is 16.8 Å². The van der Waals surface area contributed by atoms with Gasteiger partial charge < -0.3 is 0 Å². The molecule has 0 bridgehead atoms. The molecule has 2 aromatic rings. The summed E-state index contributed by atoms with van der Waals surface area (Å²) in [6.45, 7) is 5.45. The van der Waals surface area contributed by atoms with Gasteiger partial charge in [0.15, 0.2) is 0 Å². The van der Waals surface area contributed by atoms with E-state index in [1.54, 1.807) is 31.2 Å². The first-order chi connectivity index (χ1) is 12.0. The van der Waals surface area contributed by atoms with Gasteiger partial charge in [-0.3, -0.25) is 4.31 Å². The Hall–Kier alpha value is -1.90. The maximum atomic E-state index is 12.5. The van der Waals surface area contributed by atoms with Crippen LogP contribution in [-0.2, 0) is 20.0 Å². The van der Waals surface area contributed by atoms with Crippen LogP contribution < -0.4 is 9.03 Å². The van der Waals surface area contributed by atoms with Gasteiger partial charge in [0.25, 0.3) is 0 Å². The summed E-state index contributed by atoms with van der Waals surface area (Å²) >= 11 is 0. The molecule has 0 amide bonds. The lowest BCUT2D eigenvalue weighted by atomic mass is 10.1.